The number of nitriles is 1. The van der Waals surface area contributed by atoms with Crippen molar-refractivity contribution in [2.75, 3.05) is 10.8 Å². The van der Waals surface area contributed by atoms with E-state index in [4.69, 9.17) is 5.26 Å². The Hall–Kier alpha value is -3.43. The van der Waals surface area contributed by atoms with E-state index in [-0.39, 0.29) is 17.9 Å². The standard InChI is InChI=1S/C24H23N3O2S/c1-19-8-6-9-22(16-19)26-18-21-12-13-23(17-20(21)2)27(15-7-14-25)30(28,29)24-10-4-3-5-11-24/h3-6,8-13,16-18H,7,15H2,1-2H3. The molecule has 0 atom stereocenters. The first-order valence-corrected chi connectivity index (χ1v) is 11.0. The predicted octanol–water partition coefficient (Wildman–Crippen LogP) is 5.16. The molecule has 0 spiro atoms. The van der Waals surface area contributed by atoms with Crippen LogP contribution in [0.1, 0.15) is 23.1 Å². The average molecular weight is 418 g/mol. The Kier molecular flexibility index (Phi) is 6.65. The lowest BCUT2D eigenvalue weighted by atomic mass is 10.1. The molecule has 0 saturated heterocycles. The van der Waals surface area contributed by atoms with E-state index >= 15 is 0 Å². The molecule has 3 aromatic carbocycles. The third kappa shape index (κ3) is 4.94. The van der Waals surface area contributed by atoms with Gasteiger partial charge in [0.05, 0.1) is 28.8 Å². The lowest BCUT2D eigenvalue weighted by Gasteiger charge is -2.24. The van der Waals surface area contributed by atoms with Crippen LogP contribution in [0.15, 0.2) is 82.7 Å². The number of rotatable bonds is 7. The topological polar surface area (TPSA) is 73.5 Å². The fourth-order valence-electron chi connectivity index (χ4n) is 3.07. The molecular formula is C24H23N3O2S. The van der Waals surface area contributed by atoms with Gasteiger partial charge in [-0.05, 0) is 66.9 Å². The minimum atomic E-state index is -3.77. The second-order valence-corrected chi connectivity index (χ2v) is 8.80. The van der Waals surface area contributed by atoms with Crippen LogP contribution >= 0.6 is 0 Å². The molecular weight excluding hydrogens is 394 g/mol. The third-order valence-electron chi connectivity index (χ3n) is 4.65. The summed E-state index contributed by atoms with van der Waals surface area (Å²) in [6.45, 7) is 4.02. The van der Waals surface area contributed by atoms with Crippen molar-refractivity contribution in [3.8, 4) is 6.07 Å². The second-order valence-electron chi connectivity index (χ2n) is 6.94. The van der Waals surface area contributed by atoms with Gasteiger partial charge in [-0.2, -0.15) is 5.26 Å². The molecule has 0 radical (unpaired) electrons. The molecule has 0 saturated carbocycles. The highest BCUT2D eigenvalue weighted by Gasteiger charge is 2.24. The summed E-state index contributed by atoms with van der Waals surface area (Å²) in [6, 6.07) is 23.6. The zero-order chi connectivity index (χ0) is 21.6. The number of sulfonamides is 1. The van der Waals surface area contributed by atoms with Gasteiger partial charge in [0.2, 0.25) is 0 Å². The van der Waals surface area contributed by atoms with Crippen molar-refractivity contribution in [1.82, 2.24) is 0 Å². The highest BCUT2D eigenvalue weighted by atomic mass is 32.2. The van der Waals surface area contributed by atoms with E-state index in [2.05, 4.69) is 4.99 Å². The number of aliphatic imine (C=N–C) groups is 1. The molecule has 0 fully saturated rings. The normalized spacial score (nSPS) is 11.4. The van der Waals surface area contributed by atoms with E-state index in [1.807, 2.05) is 56.3 Å². The number of hydrogen-bond donors (Lipinski definition) is 0. The van der Waals surface area contributed by atoms with Crippen LogP contribution in [-0.4, -0.2) is 21.2 Å². The smallest absolute Gasteiger partial charge is 0.264 e. The summed E-state index contributed by atoms with van der Waals surface area (Å²) < 4.78 is 27.6. The van der Waals surface area contributed by atoms with E-state index in [0.717, 1.165) is 22.4 Å². The second kappa shape index (κ2) is 9.38. The molecule has 0 amide bonds. The maximum absolute atomic E-state index is 13.2. The van der Waals surface area contributed by atoms with Crippen LogP contribution < -0.4 is 4.31 Å². The van der Waals surface area contributed by atoms with Crippen LogP contribution in [0.3, 0.4) is 0 Å². The summed E-state index contributed by atoms with van der Waals surface area (Å²) in [5, 5.41) is 9.01. The van der Waals surface area contributed by atoms with Crippen molar-refractivity contribution in [1.29, 1.82) is 5.26 Å². The summed E-state index contributed by atoms with van der Waals surface area (Å²) in [7, 11) is -3.77. The Labute approximate surface area is 178 Å². The molecule has 6 heteroatoms. The minimum Gasteiger partial charge on any atom is -0.265 e. The van der Waals surface area contributed by atoms with Crippen molar-refractivity contribution in [3.63, 3.8) is 0 Å². The first kappa shape index (κ1) is 21.3. The Balaban J connectivity index is 1.94. The Bertz CT molecular complexity index is 1200. The lowest BCUT2D eigenvalue weighted by molar-refractivity contribution is 0.591. The quantitative estimate of drug-likeness (QED) is 0.498. The van der Waals surface area contributed by atoms with Gasteiger partial charge >= 0.3 is 0 Å². The summed E-state index contributed by atoms with van der Waals surface area (Å²) in [6.07, 6.45) is 1.88. The van der Waals surface area contributed by atoms with E-state index in [1.54, 1.807) is 42.6 Å². The lowest BCUT2D eigenvalue weighted by Crippen LogP contribution is -2.32. The fourth-order valence-corrected chi connectivity index (χ4v) is 4.55. The van der Waals surface area contributed by atoms with Crippen LogP contribution in [0, 0.1) is 25.2 Å². The molecule has 5 nitrogen and oxygen atoms in total. The van der Waals surface area contributed by atoms with Gasteiger partial charge in [0, 0.05) is 12.8 Å². The van der Waals surface area contributed by atoms with Crippen LogP contribution in [0.2, 0.25) is 0 Å². The predicted molar refractivity (Wildman–Crippen MR) is 121 cm³/mol. The first-order chi connectivity index (χ1) is 14.4. The Morgan fingerprint density at radius 1 is 1.00 bits per heavy atom. The van der Waals surface area contributed by atoms with Gasteiger partial charge in [-0.1, -0.05) is 36.4 Å². The molecule has 0 bridgehead atoms. The molecule has 30 heavy (non-hydrogen) atoms. The van der Waals surface area contributed by atoms with Crippen LogP contribution in [0.5, 0.6) is 0 Å². The van der Waals surface area contributed by atoms with E-state index < -0.39 is 10.0 Å². The van der Waals surface area contributed by atoms with Gasteiger partial charge in [-0.3, -0.25) is 9.30 Å². The monoisotopic (exact) mass is 417 g/mol. The van der Waals surface area contributed by atoms with Gasteiger partial charge in [0.25, 0.3) is 10.0 Å². The zero-order valence-electron chi connectivity index (χ0n) is 17.0. The minimum absolute atomic E-state index is 0.0872. The molecule has 0 aliphatic rings. The molecule has 152 valence electrons. The first-order valence-electron chi connectivity index (χ1n) is 9.58. The summed E-state index contributed by atoms with van der Waals surface area (Å²) in [4.78, 5) is 4.72. The number of hydrogen-bond acceptors (Lipinski definition) is 4. The largest absolute Gasteiger partial charge is 0.265 e. The van der Waals surface area contributed by atoms with Crippen molar-refractivity contribution < 1.29 is 8.42 Å². The highest BCUT2D eigenvalue weighted by Crippen LogP contribution is 2.26. The van der Waals surface area contributed by atoms with E-state index in [9.17, 15) is 8.42 Å². The molecule has 0 aliphatic carbocycles. The number of benzene rings is 3. The van der Waals surface area contributed by atoms with Gasteiger partial charge in [0.1, 0.15) is 0 Å². The number of aryl methyl sites for hydroxylation is 2. The van der Waals surface area contributed by atoms with Crippen LogP contribution in [0.4, 0.5) is 11.4 Å². The Morgan fingerprint density at radius 3 is 2.43 bits per heavy atom. The Morgan fingerprint density at radius 2 is 1.77 bits per heavy atom. The third-order valence-corrected chi connectivity index (χ3v) is 6.50. The van der Waals surface area contributed by atoms with Crippen LogP contribution in [-0.2, 0) is 10.0 Å². The summed E-state index contributed by atoms with van der Waals surface area (Å²) >= 11 is 0. The molecule has 0 aromatic heterocycles. The number of anilines is 1. The van der Waals surface area contributed by atoms with Crippen LogP contribution in [0.25, 0.3) is 0 Å². The highest BCUT2D eigenvalue weighted by molar-refractivity contribution is 7.92. The maximum atomic E-state index is 13.2. The molecule has 0 aliphatic heterocycles. The average Bonchev–Trinajstić information content (AvgIpc) is 2.74. The summed E-state index contributed by atoms with van der Waals surface area (Å²) in [5.74, 6) is 0. The van der Waals surface area contributed by atoms with Gasteiger partial charge in [-0.25, -0.2) is 8.42 Å². The number of nitrogens with zero attached hydrogens (tertiary/aromatic N) is 3. The molecule has 0 heterocycles. The van der Waals surface area contributed by atoms with E-state index in [1.165, 1.54) is 4.31 Å². The van der Waals surface area contributed by atoms with Crippen molar-refractivity contribution in [2.24, 2.45) is 4.99 Å². The summed E-state index contributed by atoms with van der Waals surface area (Å²) in [5.41, 5.74) is 4.32. The van der Waals surface area contributed by atoms with Gasteiger partial charge in [-0.15, -0.1) is 0 Å². The SMILES string of the molecule is Cc1cccc(N=Cc2ccc(N(CCC#N)S(=O)(=O)c3ccccc3)cc2C)c1. The van der Waals surface area contributed by atoms with E-state index in [0.29, 0.717) is 5.69 Å². The molecule has 0 unspecified atom stereocenters. The van der Waals surface area contributed by atoms with Gasteiger partial charge in [0.15, 0.2) is 0 Å². The van der Waals surface area contributed by atoms with Crippen molar-refractivity contribution in [3.05, 3.63) is 89.5 Å². The van der Waals surface area contributed by atoms with Crippen molar-refractivity contribution >= 4 is 27.6 Å². The maximum Gasteiger partial charge on any atom is 0.264 e. The molecule has 0 N–H and O–H groups in total. The van der Waals surface area contributed by atoms with Crippen molar-refractivity contribution in [2.45, 2.75) is 25.2 Å². The fraction of sp³-hybridized carbons (Fsp3) is 0.167. The molecule has 3 aromatic rings. The zero-order valence-corrected chi connectivity index (χ0v) is 17.8. The molecule has 3 rings (SSSR count). The van der Waals surface area contributed by atoms with Gasteiger partial charge < -0.3 is 0 Å².